The fraction of sp³-hybridized carbons (Fsp3) is 0.917. The quantitative estimate of drug-likeness (QED) is 0.425. The Morgan fingerprint density at radius 1 is 1.27 bits per heavy atom. The maximum absolute atomic E-state index is 10.8. The van der Waals surface area contributed by atoms with E-state index in [1.54, 1.807) is 0 Å². The van der Waals surface area contributed by atoms with Crippen LogP contribution in [0, 0.1) is 17.3 Å². The zero-order valence-corrected chi connectivity index (χ0v) is 12.5. The number of rotatable bonds is 6. The van der Waals surface area contributed by atoms with Crippen LogP contribution in [0.4, 0.5) is 0 Å². The van der Waals surface area contributed by atoms with E-state index in [-0.39, 0.29) is 40.9 Å². The van der Waals surface area contributed by atoms with Gasteiger partial charge in [-0.3, -0.25) is 0 Å². The molecule has 3 heteroatoms. The second-order valence-corrected chi connectivity index (χ2v) is 5.07. The van der Waals surface area contributed by atoms with Gasteiger partial charge in [0.05, 0.1) is 0 Å². The molecule has 1 aliphatic carbocycles. The van der Waals surface area contributed by atoms with Crippen LogP contribution in [0.5, 0.6) is 0 Å². The molecule has 0 bridgehead atoms. The second kappa shape index (κ2) is 6.27. The Hall–Kier alpha value is 0.470. The van der Waals surface area contributed by atoms with E-state index in [1.807, 2.05) is 13.8 Å². The van der Waals surface area contributed by atoms with Crippen LogP contribution in [-0.4, -0.2) is 5.97 Å². The number of aliphatic carboxylic acids is 1. The van der Waals surface area contributed by atoms with Crippen molar-refractivity contribution in [2.45, 2.75) is 52.9 Å². The fourth-order valence-corrected chi connectivity index (χ4v) is 2.54. The van der Waals surface area contributed by atoms with Crippen LogP contribution in [0.1, 0.15) is 52.9 Å². The van der Waals surface area contributed by atoms with Gasteiger partial charge >= 0.3 is 29.6 Å². The Bertz CT molecular complexity index is 214. The Kier molecular flexibility index (Phi) is 6.46. The summed E-state index contributed by atoms with van der Waals surface area (Å²) in [5, 5.41) is 10.8. The van der Waals surface area contributed by atoms with Crippen molar-refractivity contribution in [1.82, 2.24) is 0 Å². The molecule has 1 aliphatic rings. The summed E-state index contributed by atoms with van der Waals surface area (Å²) in [5.74, 6) is -0.677. The van der Waals surface area contributed by atoms with E-state index >= 15 is 0 Å². The molecule has 0 amide bonds. The van der Waals surface area contributed by atoms with E-state index in [9.17, 15) is 9.90 Å². The SMILES string of the molecule is CCCCCCC1C(C(=O)[O-])C1(C)C.[Na+]. The Morgan fingerprint density at radius 3 is 2.27 bits per heavy atom. The molecule has 0 aromatic carbocycles. The number of hydrogen-bond donors (Lipinski definition) is 0. The van der Waals surface area contributed by atoms with E-state index in [4.69, 9.17) is 0 Å². The first-order valence-electron chi connectivity index (χ1n) is 5.72. The molecule has 0 aromatic rings. The predicted octanol–water partition coefficient (Wildman–Crippen LogP) is -1.02. The van der Waals surface area contributed by atoms with E-state index in [2.05, 4.69) is 6.92 Å². The fourth-order valence-electron chi connectivity index (χ4n) is 2.54. The van der Waals surface area contributed by atoms with Crippen LogP contribution in [0.3, 0.4) is 0 Å². The second-order valence-electron chi connectivity index (χ2n) is 5.07. The summed E-state index contributed by atoms with van der Waals surface area (Å²) < 4.78 is 0. The molecule has 2 atom stereocenters. The monoisotopic (exact) mass is 220 g/mol. The van der Waals surface area contributed by atoms with E-state index in [0.717, 1.165) is 6.42 Å². The molecule has 2 nitrogen and oxygen atoms in total. The zero-order valence-electron chi connectivity index (χ0n) is 10.5. The number of carbonyl (C=O) groups is 1. The van der Waals surface area contributed by atoms with Crippen molar-refractivity contribution >= 4 is 5.97 Å². The van der Waals surface area contributed by atoms with Crippen molar-refractivity contribution in [2.24, 2.45) is 17.3 Å². The van der Waals surface area contributed by atoms with E-state index in [1.165, 1.54) is 25.7 Å². The van der Waals surface area contributed by atoms with Crippen LogP contribution < -0.4 is 34.7 Å². The van der Waals surface area contributed by atoms with Gasteiger partial charge in [0.15, 0.2) is 0 Å². The van der Waals surface area contributed by atoms with Crippen LogP contribution in [0.25, 0.3) is 0 Å². The molecule has 1 fully saturated rings. The van der Waals surface area contributed by atoms with Gasteiger partial charge < -0.3 is 9.90 Å². The van der Waals surface area contributed by atoms with Gasteiger partial charge in [-0.15, -0.1) is 0 Å². The van der Waals surface area contributed by atoms with Gasteiger partial charge in [-0.1, -0.05) is 46.5 Å². The average Bonchev–Trinajstić information content (AvgIpc) is 2.62. The molecule has 0 aliphatic heterocycles. The van der Waals surface area contributed by atoms with Gasteiger partial charge in [-0.25, -0.2) is 0 Å². The molecular weight excluding hydrogens is 199 g/mol. The molecule has 0 saturated heterocycles. The Balaban J connectivity index is 0.00000196. The van der Waals surface area contributed by atoms with Gasteiger partial charge in [0.2, 0.25) is 0 Å². The summed E-state index contributed by atoms with van der Waals surface area (Å²) >= 11 is 0. The van der Waals surface area contributed by atoms with Gasteiger partial charge in [-0.2, -0.15) is 0 Å². The summed E-state index contributed by atoms with van der Waals surface area (Å²) in [4.78, 5) is 10.8. The molecule has 1 rings (SSSR count). The van der Waals surface area contributed by atoms with Crippen LogP contribution >= 0.6 is 0 Å². The zero-order chi connectivity index (χ0) is 10.8. The minimum absolute atomic E-state index is 0. The topological polar surface area (TPSA) is 40.1 Å². The normalized spacial score (nSPS) is 26.9. The molecule has 0 aromatic heterocycles. The van der Waals surface area contributed by atoms with E-state index < -0.39 is 5.97 Å². The molecule has 82 valence electrons. The molecule has 0 radical (unpaired) electrons. The van der Waals surface area contributed by atoms with E-state index in [0.29, 0.717) is 5.92 Å². The molecule has 0 N–H and O–H groups in total. The van der Waals surface area contributed by atoms with Crippen molar-refractivity contribution in [3.05, 3.63) is 0 Å². The number of carbonyl (C=O) groups excluding carboxylic acids is 1. The van der Waals surface area contributed by atoms with Crippen LogP contribution in [0.15, 0.2) is 0 Å². The van der Waals surface area contributed by atoms with Crippen molar-refractivity contribution in [2.75, 3.05) is 0 Å². The molecule has 2 unspecified atom stereocenters. The van der Waals surface area contributed by atoms with Gasteiger partial charge in [-0.05, 0) is 17.8 Å². The maximum atomic E-state index is 10.8. The minimum atomic E-state index is -0.851. The first-order valence-corrected chi connectivity index (χ1v) is 5.72. The molecule has 0 heterocycles. The van der Waals surface area contributed by atoms with Crippen LogP contribution in [-0.2, 0) is 4.79 Å². The summed E-state index contributed by atoms with van der Waals surface area (Å²) in [6.45, 7) is 6.26. The molecule has 1 saturated carbocycles. The Labute approximate surface area is 115 Å². The largest absolute Gasteiger partial charge is 1.00 e. The number of carboxylic acids is 1. The third kappa shape index (κ3) is 3.76. The number of carboxylic acid groups (broad SMARTS) is 1. The molecule has 0 spiro atoms. The minimum Gasteiger partial charge on any atom is -0.550 e. The Morgan fingerprint density at radius 2 is 1.87 bits per heavy atom. The third-order valence-electron chi connectivity index (χ3n) is 3.67. The first kappa shape index (κ1) is 15.5. The van der Waals surface area contributed by atoms with Crippen molar-refractivity contribution in [3.63, 3.8) is 0 Å². The van der Waals surface area contributed by atoms with Crippen LogP contribution in [0.2, 0.25) is 0 Å². The molecular formula is C12H21NaO2. The maximum Gasteiger partial charge on any atom is 1.00 e. The number of hydrogen-bond acceptors (Lipinski definition) is 2. The summed E-state index contributed by atoms with van der Waals surface area (Å²) in [6, 6.07) is 0. The number of unbranched alkanes of at least 4 members (excludes halogenated alkanes) is 3. The first-order chi connectivity index (χ1) is 6.51. The standard InChI is InChI=1S/C12H22O2.Na/c1-4-5-6-7-8-9-10(11(13)14)12(9,2)3;/h9-10H,4-8H2,1-3H3,(H,13,14);/q;+1/p-1. The summed E-state index contributed by atoms with van der Waals surface area (Å²) in [5.41, 5.74) is -0.00888. The van der Waals surface area contributed by atoms with Gasteiger partial charge in [0.25, 0.3) is 0 Å². The smallest absolute Gasteiger partial charge is 0.550 e. The predicted molar refractivity (Wildman–Crippen MR) is 54.5 cm³/mol. The third-order valence-corrected chi connectivity index (χ3v) is 3.67. The van der Waals surface area contributed by atoms with Crippen molar-refractivity contribution in [3.8, 4) is 0 Å². The molecule has 15 heavy (non-hydrogen) atoms. The van der Waals surface area contributed by atoms with Crippen molar-refractivity contribution in [1.29, 1.82) is 0 Å². The summed E-state index contributed by atoms with van der Waals surface area (Å²) in [6.07, 6.45) is 5.97. The summed E-state index contributed by atoms with van der Waals surface area (Å²) in [7, 11) is 0. The van der Waals surface area contributed by atoms with Gasteiger partial charge in [0.1, 0.15) is 0 Å². The van der Waals surface area contributed by atoms with Crippen molar-refractivity contribution < 1.29 is 39.5 Å². The van der Waals surface area contributed by atoms with Gasteiger partial charge in [0, 0.05) is 11.9 Å². The average molecular weight is 220 g/mol.